The number of amides is 2. The average molecular weight is 360 g/mol. The van der Waals surface area contributed by atoms with E-state index >= 15 is 0 Å². The topological polar surface area (TPSA) is 59.6 Å². The summed E-state index contributed by atoms with van der Waals surface area (Å²) in [5, 5.41) is 8.00. The molecule has 0 fully saturated rings. The molecule has 1 aromatic carbocycles. The smallest absolute Gasteiger partial charge is 0.319 e. The van der Waals surface area contributed by atoms with Crippen molar-refractivity contribution in [3.63, 3.8) is 0 Å². The fourth-order valence-electron chi connectivity index (χ4n) is 3.16. The molecule has 0 unspecified atom stereocenters. The number of anilines is 1. The van der Waals surface area contributed by atoms with Crippen molar-refractivity contribution in [2.24, 2.45) is 0 Å². The van der Waals surface area contributed by atoms with Crippen molar-refractivity contribution < 1.29 is 14.3 Å². The quantitative estimate of drug-likeness (QED) is 0.818. The summed E-state index contributed by atoms with van der Waals surface area (Å²) in [7, 11) is 3.16. The van der Waals surface area contributed by atoms with Gasteiger partial charge in [0.15, 0.2) is 0 Å². The van der Waals surface area contributed by atoms with Crippen LogP contribution in [-0.2, 0) is 19.3 Å². The Morgan fingerprint density at radius 3 is 2.84 bits per heavy atom. The van der Waals surface area contributed by atoms with Crippen LogP contribution in [0, 0.1) is 0 Å². The van der Waals surface area contributed by atoms with E-state index in [9.17, 15) is 4.79 Å². The normalized spacial score (nSPS) is 13.0. The molecule has 1 aromatic heterocycles. The number of hydrogen-bond donors (Lipinski definition) is 2. The lowest BCUT2D eigenvalue weighted by Gasteiger charge is -2.14. The van der Waals surface area contributed by atoms with Crippen LogP contribution in [0.3, 0.4) is 0 Å². The number of hydrogen-bond acceptors (Lipinski definition) is 4. The molecule has 6 heteroatoms. The summed E-state index contributed by atoms with van der Waals surface area (Å²) in [6.45, 7) is 0.612. The van der Waals surface area contributed by atoms with Crippen LogP contribution in [0.15, 0.2) is 23.6 Å². The van der Waals surface area contributed by atoms with Crippen LogP contribution in [0.1, 0.15) is 28.8 Å². The molecule has 1 aliphatic carbocycles. The average Bonchev–Trinajstić information content (AvgIpc) is 3.05. The third-order valence-corrected chi connectivity index (χ3v) is 5.62. The van der Waals surface area contributed by atoms with Gasteiger partial charge in [0.1, 0.15) is 11.5 Å². The van der Waals surface area contributed by atoms with E-state index in [0.717, 1.165) is 6.42 Å². The molecule has 2 N–H and O–H groups in total. The van der Waals surface area contributed by atoms with E-state index in [0.29, 0.717) is 23.7 Å². The molecular formula is C19H24N2O3S. The molecule has 0 bridgehead atoms. The van der Waals surface area contributed by atoms with Gasteiger partial charge in [-0.25, -0.2) is 4.79 Å². The van der Waals surface area contributed by atoms with Gasteiger partial charge in [-0.15, -0.1) is 11.3 Å². The summed E-state index contributed by atoms with van der Waals surface area (Å²) < 4.78 is 10.5. The van der Waals surface area contributed by atoms with Gasteiger partial charge in [-0.3, -0.25) is 0 Å². The third kappa shape index (κ3) is 4.25. The van der Waals surface area contributed by atoms with Gasteiger partial charge < -0.3 is 20.1 Å². The highest BCUT2D eigenvalue weighted by Crippen LogP contribution is 2.30. The molecule has 5 nitrogen and oxygen atoms in total. The Morgan fingerprint density at radius 1 is 1.20 bits per heavy atom. The maximum atomic E-state index is 12.2. The van der Waals surface area contributed by atoms with E-state index in [4.69, 9.17) is 9.47 Å². The Balaban J connectivity index is 1.54. The molecule has 3 rings (SSSR count). The number of rotatable bonds is 6. The number of carbonyl (C=O) groups is 1. The second kappa shape index (κ2) is 8.25. The van der Waals surface area contributed by atoms with Crippen LogP contribution in [0.25, 0.3) is 0 Å². The van der Waals surface area contributed by atoms with Gasteiger partial charge in [0.25, 0.3) is 0 Å². The van der Waals surface area contributed by atoms with Gasteiger partial charge in [-0.05, 0) is 60.7 Å². The first kappa shape index (κ1) is 17.6. The Hall–Kier alpha value is -2.21. The van der Waals surface area contributed by atoms with E-state index in [1.165, 1.54) is 41.7 Å². The number of urea groups is 1. The number of carbonyl (C=O) groups excluding carboxylic acids is 1. The van der Waals surface area contributed by atoms with Crippen molar-refractivity contribution in [1.82, 2.24) is 5.32 Å². The molecule has 0 atom stereocenters. The van der Waals surface area contributed by atoms with E-state index in [1.807, 2.05) is 11.3 Å². The van der Waals surface area contributed by atoms with Crippen molar-refractivity contribution in [1.29, 1.82) is 0 Å². The monoisotopic (exact) mass is 360 g/mol. The first-order valence-corrected chi connectivity index (χ1v) is 9.44. The van der Waals surface area contributed by atoms with Gasteiger partial charge in [-0.1, -0.05) is 0 Å². The van der Waals surface area contributed by atoms with Crippen LogP contribution in [0.5, 0.6) is 11.5 Å². The van der Waals surface area contributed by atoms with Crippen molar-refractivity contribution >= 4 is 23.1 Å². The number of nitrogens with one attached hydrogen (secondary N) is 2. The molecular weight excluding hydrogens is 336 g/mol. The summed E-state index contributed by atoms with van der Waals surface area (Å²) in [5.74, 6) is 1.27. The molecule has 2 amide bonds. The maximum absolute atomic E-state index is 12.2. The van der Waals surface area contributed by atoms with Gasteiger partial charge in [0.05, 0.1) is 19.9 Å². The highest BCUT2D eigenvalue weighted by atomic mass is 32.1. The zero-order valence-corrected chi connectivity index (χ0v) is 15.5. The van der Waals surface area contributed by atoms with Gasteiger partial charge in [0, 0.05) is 17.5 Å². The van der Waals surface area contributed by atoms with E-state index in [-0.39, 0.29) is 6.03 Å². The van der Waals surface area contributed by atoms with E-state index < -0.39 is 0 Å². The van der Waals surface area contributed by atoms with Crippen LogP contribution in [-0.4, -0.2) is 26.8 Å². The fourth-order valence-corrected chi connectivity index (χ4v) is 4.34. The largest absolute Gasteiger partial charge is 0.497 e. The molecule has 0 radical (unpaired) electrons. The second-order valence-corrected chi connectivity index (χ2v) is 7.03. The SMILES string of the molecule is COc1ccc(OC)c(NC(=O)NCCc2csc3c2CCCC3)c1. The van der Waals surface area contributed by atoms with Gasteiger partial charge >= 0.3 is 6.03 Å². The Labute approximate surface area is 152 Å². The molecule has 0 saturated heterocycles. The lowest BCUT2D eigenvalue weighted by molar-refractivity contribution is 0.252. The van der Waals surface area contributed by atoms with Crippen molar-refractivity contribution in [2.75, 3.05) is 26.1 Å². The number of methoxy groups -OCH3 is 2. The molecule has 1 heterocycles. The molecule has 25 heavy (non-hydrogen) atoms. The molecule has 0 spiro atoms. The Bertz CT molecular complexity index is 742. The summed E-state index contributed by atoms with van der Waals surface area (Å²) >= 11 is 1.86. The minimum Gasteiger partial charge on any atom is -0.497 e. The van der Waals surface area contributed by atoms with Crippen molar-refractivity contribution in [3.8, 4) is 11.5 Å². The molecule has 0 saturated carbocycles. The zero-order chi connectivity index (χ0) is 17.6. The lowest BCUT2D eigenvalue weighted by Crippen LogP contribution is -2.30. The zero-order valence-electron chi connectivity index (χ0n) is 14.7. The number of thiophene rings is 1. The predicted octanol–water partition coefficient (Wildman–Crippen LogP) is 4.01. The van der Waals surface area contributed by atoms with Crippen LogP contribution in [0.2, 0.25) is 0 Å². The number of fused-ring (bicyclic) bond motifs is 1. The summed E-state index contributed by atoms with van der Waals surface area (Å²) in [4.78, 5) is 13.7. The molecule has 0 aliphatic heterocycles. The molecule has 2 aromatic rings. The minimum atomic E-state index is -0.240. The summed E-state index contributed by atoms with van der Waals surface area (Å²) in [6, 6.07) is 5.07. The van der Waals surface area contributed by atoms with Crippen molar-refractivity contribution in [3.05, 3.63) is 39.6 Å². The number of benzene rings is 1. The Morgan fingerprint density at radius 2 is 2.04 bits per heavy atom. The van der Waals surface area contributed by atoms with Gasteiger partial charge in [-0.2, -0.15) is 0 Å². The fraction of sp³-hybridized carbons (Fsp3) is 0.421. The first-order chi connectivity index (χ1) is 12.2. The number of aryl methyl sites for hydroxylation is 1. The molecule has 134 valence electrons. The Kier molecular flexibility index (Phi) is 5.81. The highest BCUT2D eigenvalue weighted by molar-refractivity contribution is 7.10. The summed E-state index contributed by atoms with van der Waals surface area (Å²) in [6.07, 6.45) is 5.84. The second-order valence-electron chi connectivity index (χ2n) is 6.07. The maximum Gasteiger partial charge on any atom is 0.319 e. The minimum absolute atomic E-state index is 0.240. The highest BCUT2D eigenvalue weighted by Gasteiger charge is 2.15. The summed E-state index contributed by atoms with van der Waals surface area (Å²) in [5.41, 5.74) is 3.50. The third-order valence-electron chi connectivity index (χ3n) is 4.48. The molecule has 1 aliphatic rings. The number of ether oxygens (including phenoxy) is 2. The lowest BCUT2D eigenvalue weighted by atomic mass is 9.95. The predicted molar refractivity (Wildman–Crippen MR) is 101 cm³/mol. The first-order valence-electron chi connectivity index (χ1n) is 8.56. The van der Waals surface area contributed by atoms with Crippen molar-refractivity contribution in [2.45, 2.75) is 32.1 Å². The standard InChI is InChI=1S/C19H24N2O3S/c1-23-14-7-8-17(24-2)16(11-14)21-19(22)20-10-9-13-12-25-18-6-4-3-5-15(13)18/h7-8,11-12H,3-6,9-10H2,1-2H3,(H2,20,21,22). The van der Waals surface area contributed by atoms with Crippen LogP contribution >= 0.6 is 11.3 Å². The van der Waals surface area contributed by atoms with E-state index in [2.05, 4.69) is 16.0 Å². The van der Waals surface area contributed by atoms with Crippen LogP contribution in [0.4, 0.5) is 10.5 Å². The van der Waals surface area contributed by atoms with Gasteiger partial charge in [0.2, 0.25) is 0 Å². The van der Waals surface area contributed by atoms with Crippen LogP contribution < -0.4 is 20.1 Å². The van der Waals surface area contributed by atoms with E-state index in [1.54, 1.807) is 32.4 Å².